The number of nitrogens with zero attached hydrogens (tertiary/aromatic N) is 1. The summed E-state index contributed by atoms with van der Waals surface area (Å²) in [5.41, 5.74) is 0.787. The summed E-state index contributed by atoms with van der Waals surface area (Å²) in [4.78, 5) is 2.17. The Labute approximate surface area is 99.2 Å². The molecule has 0 N–H and O–H groups in total. The fraction of sp³-hybridized carbons (Fsp3) is 0.400. The monoisotopic (exact) mass is 261 g/mol. The third kappa shape index (κ3) is 2.10. The molecule has 6 heteroatoms. The largest absolute Gasteiger partial charge is 0.490 e. The van der Waals surface area contributed by atoms with Gasteiger partial charge in [-0.15, -0.1) is 0 Å². The van der Waals surface area contributed by atoms with Gasteiger partial charge in [-0.1, -0.05) is 0 Å². The van der Waals surface area contributed by atoms with Crippen molar-refractivity contribution in [3.8, 4) is 5.75 Å². The van der Waals surface area contributed by atoms with Gasteiger partial charge in [0, 0.05) is 17.2 Å². The highest BCUT2D eigenvalue weighted by atomic mass is 35.7. The molecule has 0 bridgehead atoms. The minimum atomic E-state index is -3.68. The van der Waals surface area contributed by atoms with Crippen LogP contribution in [0.15, 0.2) is 23.1 Å². The molecular formula is C10H12ClNO3S. The first-order valence-corrected chi connectivity index (χ1v) is 7.30. The summed E-state index contributed by atoms with van der Waals surface area (Å²) >= 11 is 0. The SMILES string of the molecule is CCN1CCOc2ccc(S(=O)(=O)Cl)cc21. The van der Waals surface area contributed by atoms with Crippen molar-refractivity contribution < 1.29 is 13.2 Å². The molecular weight excluding hydrogens is 250 g/mol. The van der Waals surface area contributed by atoms with Gasteiger partial charge >= 0.3 is 0 Å². The van der Waals surface area contributed by atoms with E-state index >= 15 is 0 Å². The summed E-state index contributed by atoms with van der Waals surface area (Å²) in [6.07, 6.45) is 0. The van der Waals surface area contributed by atoms with E-state index in [0.29, 0.717) is 12.4 Å². The Morgan fingerprint density at radius 2 is 2.25 bits per heavy atom. The minimum Gasteiger partial charge on any atom is -0.490 e. The predicted octanol–water partition coefficient (Wildman–Crippen LogP) is 1.83. The Morgan fingerprint density at radius 3 is 2.88 bits per heavy atom. The second kappa shape index (κ2) is 4.14. The molecule has 88 valence electrons. The Balaban J connectivity index is 2.51. The highest BCUT2D eigenvalue weighted by Crippen LogP contribution is 2.34. The number of halogens is 1. The maximum Gasteiger partial charge on any atom is 0.261 e. The number of benzene rings is 1. The van der Waals surface area contributed by atoms with Crippen LogP contribution in [0.4, 0.5) is 5.69 Å². The van der Waals surface area contributed by atoms with Gasteiger partial charge in [-0.2, -0.15) is 0 Å². The molecule has 0 atom stereocenters. The van der Waals surface area contributed by atoms with E-state index in [9.17, 15) is 8.42 Å². The number of anilines is 1. The molecule has 0 fully saturated rings. The summed E-state index contributed by atoms with van der Waals surface area (Å²) in [5.74, 6) is 0.706. The van der Waals surface area contributed by atoms with Crippen molar-refractivity contribution in [1.82, 2.24) is 0 Å². The van der Waals surface area contributed by atoms with Crippen LogP contribution in [0, 0.1) is 0 Å². The molecule has 0 aromatic heterocycles. The van der Waals surface area contributed by atoms with Gasteiger partial charge in [0.15, 0.2) is 0 Å². The second-order valence-corrected chi connectivity index (χ2v) is 6.06. The number of fused-ring (bicyclic) bond motifs is 1. The maximum absolute atomic E-state index is 11.2. The number of likely N-dealkylation sites (N-methyl/N-ethyl adjacent to an activating group) is 1. The van der Waals surface area contributed by atoms with Crippen LogP contribution in [0.3, 0.4) is 0 Å². The van der Waals surface area contributed by atoms with Crippen LogP contribution in [-0.4, -0.2) is 28.1 Å². The van der Waals surface area contributed by atoms with Crippen LogP contribution in [0.25, 0.3) is 0 Å². The van der Waals surface area contributed by atoms with Gasteiger partial charge in [0.2, 0.25) is 0 Å². The van der Waals surface area contributed by atoms with Crippen molar-refractivity contribution in [2.45, 2.75) is 11.8 Å². The summed E-state index contributed by atoms with van der Waals surface area (Å²) < 4.78 is 27.9. The van der Waals surface area contributed by atoms with Crippen LogP contribution in [0.5, 0.6) is 5.75 Å². The lowest BCUT2D eigenvalue weighted by atomic mass is 10.2. The van der Waals surface area contributed by atoms with Crippen LogP contribution in [0.2, 0.25) is 0 Å². The fourth-order valence-electron chi connectivity index (χ4n) is 1.73. The van der Waals surface area contributed by atoms with Gasteiger partial charge < -0.3 is 9.64 Å². The zero-order valence-electron chi connectivity index (χ0n) is 8.81. The van der Waals surface area contributed by atoms with Gasteiger partial charge in [-0.05, 0) is 25.1 Å². The van der Waals surface area contributed by atoms with E-state index in [0.717, 1.165) is 18.8 Å². The Morgan fingerprint density at radius 1 is 1.50 bits per heavy atom. The molecule has 0 amide bonds. The summed E-state index contributed by atoms with van der Waals surface area (Å²) in [7, 11) is 1.63. The average molecular weight is 262 g/mol. The molecule has 0 unspecified atom stereocenters. The molecule has 0 radical (unpaired) electrons. The Hall–Kier alpha value is -0.940. The molecule has 0 saturated carbocycles. The van der Waals surface area contributed by atoms with E-state index in [1.54, 1.807) is 12.1 Å². The van der Waals surface area contributed by atoms with E-state index in [2.05, 4.69) is 4.90 Å². The Kier molecular flexibility index (Phi) is 2.99. The first-order chi connectivity index (χ1) is 7.52. The quantitative estimate of drug-likeness (QED) is 0.762. The summed E-state index contributed by atoms with van der Waals surface area (Å²) in [6, 6.07) is 4.66. The molecule has 1 aliphatic rings. The predicted molar refractivity (Wildman–Crippen MR) is 62.9 cm³/mol. The van der Waals surface area contributed by atoms with Crippen molar-refractivity contribution in [3.63, 3.8) is 0 Å². The van der Waals surface area contributed by atoms with E-state index in [1.807, 2.05) is 6.92 Å². The highest BCUT2D eigenvalue weighted by molar-refractivity contribution is 8.13. The molecule has 1 heterocycles. The smallest absolute Gasteiger partial charge is 0.261 e. The van der Waals surface area contributed by atoms with Crippen LogP contribution in [-0.2, 0) is 9.05 Å². The van der Waals surface area contributed by atoms with E-state index in [1.165, 1.54) is 6.07 Å². The molecule has 2 rings (SSSR count). The molecule has 4 nitrogen and oxygen atoms in total. The van der Waals surface area contributed by atoms with Crippen LogP contribution >= 0.6 is 10.7 Å². The number of hydrogen-bond donors (Lipinski definition) is 0. The molecule has 1 aromatic carbocycles. The third-order valence-corrected chi connectivity index (χ3v) is 3.90. The standard InChI is InChI=1S/C10H12ClNO3S/c1-2-12-5-6-15-10-4-3-8(7-9(10)12)16(11,13)14/h3-4,7H,2,5-6H2,1H3. The van der Waals surface area contributed by atoms with Gasteiger partial charge in [-0.25, -0.2) is 8.42 Å². The molecule has 0 aliphatic carbocycles. The van der Waals surface area contributed by atoms with Crippen molar-refractivity contribution in [2.75, 3.05) is 24.6 Å². The molecule has 0 saturated heterocycles. The van der Waals surface area contributed by atoms with Crippen LogP contribution < -0.4 is 9.64 Å². The molecule has 0 spiro atoms. The maximum atomic E-state index is 11.2. The Bertz CT molecular complexity index is 501. The molecule has 1 aromatic rings. The van der Waals surface area contributed by atoms with E-state index in [4.69, 9.17) is 15.4 Å². The van der Waals surface area contributed by atoms with Crippen LogP contribution in [0.1, 0.15) is 6.92 Å². The van der Waals surface area contributed by atoms with Gasteiger partial charge in [-0.3, -0.25) is 0 Å². The zero-order chi connectivity index (χ0) is 11.8. The topological polar surface area (TPSA) is 46.6 Å². The average Bonchev–Trinajstić information content (AvgIpc) is 2.26. The van der Waals surface area contributed by atoms with Gasteiger partial charge in [0.1, 0.15) is 12.4 Å². The lowest BCUT2D eigenvalue weighted by Crippen LogP contribution is -2.32. The summed E-state index contributed by atoms with van der Waals surface area (Å²) in [6.45, 7) is 4.20. The first-order valence-electron chi connectivity index (χ1n) is 4.99. The van der Waals surface area contributed by atoms with Crippen molar-refractivity contribution in [2.24, 2.45) is 0 Å². The minimum absolute atomic E-state index is 0.108. The fourth-order valence-corrected chi connectivity index (χ4v) is 2.50. The lowest BCUT2D eigenvalue weighted by molar-refractivity contribution is 0.308. The lowest BCUT2D eigenvalue weighted by Gasteiger charge is -2.30. The van der Waals surface area contributed by atoms with Gasteiger partial charge in [0.05, 0.1) is 17.1 Å². The number of rotatable bonds is 2. The number of hydrogen-bond acceptors (Lipinski definition) is 4. The molecule has 16 heavy (non-hydrogen) atoms. The van der Waals surface area contributed by atoms with Gasteiger partial charge in [0.25, 0.3) is 9.05 Å². The first kappa shape index (κ1) is 11.5. The van der Waals surface area contributed by atoms with E-state index in [-0.39, 0.29) is 4.90 Å². The van der Waals surface area contributed by atoms with Crippen molar-refractivity contribution >= 4 is 25.4 Å². The zero-order valence-corrected chi connectivity index (χ0v) is 10.4. The van der Waals surface area contributed by atoms with E-state index < -0.39 is 9.05 Å². The third-order valence-electron chi connectivity index (χ3n) is 2.55. The normalized spacial score (nSPS) is 15.5. The second-order valence-electron chi connectivity index (χ2n) is 3.50. The molecule has 1 aliphatic heterocycles. The number of ether oxygens (including phenoxy) is 1. The van der Waals surface area contributed by atoms with Crippen molar-refractivity contribution in [3.05, 3.63) is 18.2 Å². The highest BCUT2D eigenvalue weighted by Gasteiger charge is 2.20. The summed E-state index contributed by atoms with van der Waals surface area (Å²) in [5, 5.41) is 0. The van der Waals surface area contributed by atoms with Crippen molar-refractivity contribution in [1.29, 1.82) is 0 Å².